The van der Waals surface area contributed by atoms with E-state index in [1.807, 2.05) is 121 Å². The predicted molar refractivity (Wildman–Crippen MR) is 154 cm³/mol. The minimum atomic E-state index is -4.24. The van der Waals surface area contributed by atoms with E-state index in [1.54, 1.807) is 0 Å². The average Bonchev–Trinajstić information content (AvgIpc) is 2.89. The third kappa shape index (κ3) is 13.5. The fourth-order valence-electron chi connectivity index (χ4n) is 4.29. The summed E-state index contributed by atoms with van der Waals surface area (Å²) in [5, 5.41) is 0. The second-order valence-electron chi connectivity index (χ2n) is 9.04. The van der Waals surface area contributed by atoms with Crippen molar-refractivity contribution in [1.82, 2.24) is 0 Å². The van der Waals surface area contributed by atoms with Crippen LogP contribution < -0.4 is 0 Å². The molecule has 9 heteroatoms. The second kappa shape index (κ2) is 16.5. The van der Waals surface area contributed by atoms with Crippen LogP contribution in [0, 0.1) is 0 Å². The Bertz CT molecular complexity index is 1330. The van der Waals surface area contributed by atoms with Crippen molar-refractivity contribution < 1.29 is 25.9 Å². The van der Waals surface area contributed by atoms with Gasteiger partial charge in [0.15, 0.2) is 0 Å². The largest absolute Gasteiger partial charge is 2.00 e. The van der Waals surface area contributed by atoms with E-state index in [0.717, 1.165) is 22.3 Å². The summed E-state index contributed by atoms with van der Waals surface area (Å²) in [7, 11) is -8.48. The van der Waals surface area contributed by atoms with Crippen LogP contribution in [0.4, 0.5) is 0 Å². The molecule has 0 spiro atoms. The van der Waals surface area contributed by atoms with E-state index >= 15 is 0 Å². The van der Waals surface area contributed by atoms with Gasteiger partial charge < -0.3 is 9.11 Å². The molecule has 0 radical (unpaired) electrons. The molecule has 0 fully saturated rings. The molecule has 0 heterocycles. The van der Waals surface area contributed by atoms with E-state index < -0.39 is 20.2 Å². The fraction of sp³-hybridized carbons (Fsp3) is 0.200. The van der Waals surface area contributed by atoms with Gasteiger partial charge in [-0.05, 0) is 35.1 Å². The van der Waals surface area contributed by atoms with Crippen LogP contribution in [0.1, 0.15) is 34.1 Å². The molecule has 0 aliphatic heterocycles. The molecule has 6 nitrogen and oxygen atoms in total. The van der Waals surface area contributed by atoms with Crippen LogP contribution in [-0.4, -0.2) is 86.3 Å². The molecule has 39 heavy (non-hydrogen) atoms. The zero-order chi connectivity index (χ0) is 27.4. The maximum Gasteiger partial charge on any atom is 2.00 e. The Morgan fingerprint density at radius 2 is 0.718 bits per heavy atom. The van der Waals surface area contributed by atoms with Crippen molar-refractivity contribution in [3.05, 3.63) is 144 Å². The molecule has 0 saturated carbocycles. The van der Waals surface area contributed by atoms with E-state index in [1.165, 1.54) is 0 Å². The Morgan fingerprint density at radius 1 is 0.462 bits per heavy atom. The molecule has 0 aliphatic carbocycles. The SMILES string of the molecule is O=S(=O)([O-])C[C@@H](Cc1ccccc1)c1ccccc1.O=S(=O)([O-])C[C@@H](Cc1ccccc1)c1ccccc1.[Ba+2]. The first-order chi connectivity index (χ1) is 18.1. The standard InChI is InChI=1S/2C15H16O3S.Ba/c2*16-19(17,18)12-15(14-9-5-2-6-10-14)11-13-7-3-1-4-8-13;/h2*1-10,15H,11-12H2,(H,16,17,18);/q;;+2/p-2/t2*15-;/m11./s1. The van der Waals surface area contributed by atoms with Crippen molar-refractivity contribution in [2.45, 2.75) is 24.7 Å². The zero-order valence-electron chi connectivity index (χ0n) is 21.5. The van der Waals surface area contributed by atoms with E-state index in [2.05, 4.69) is 0 Å². The van der Waals surface area contributed by atoms with Gasteiger partial charge in [-0.2, -0.15) is 0 Å². The molecule has 0 aromatic heterocycles. The third-order valence-electron chi connectivity index (χ3n) is 6.00. The first kappa shape index (κ1) is 33.5. The van der Waals surface area contributed by atoms with Crippen LogP contribution >= 0.6 is 0 Å². The Kier molecular flexibility index (Phi) is 14.2. The van der Waals surface area contributed by atoms with Gasteiger partial charge in [-0.3, -0.25) is 0 Å². The first-order valence-corrected chi connectivity index (χ1v) is 15.3. The van der Waals surface area contributed by atoms with Gasteiger partial charge >= 0.3 is 48.9 Å². The normalized spacial score (nSPS) is 12.8. The first-order valence-electron chi connectivity index (χ1n) is 12.1. The summed E-state index contributed by atoms with van der Waals surface area (Å²) in [4.78, 5) is 0. The fourth-order valence-corrected chi connectivity index (χ4v) is 5.89. The molecule has 4 aromatic carbocycles. The molecule has 0 N–H and O–H groups in total. The zero-order valence-corrected chi connectivity index (χ0v) is 27.6. The van der Waals surface area contributed by atoms with Crippen molar-refractivity contribution in [3.8, 4) is 0 Å². The Labute approximate surface area is 272 Å². The molecule has 0 amide bonds. The summed E-state index contributed by atoms with van der Waals surface area (Å²) in [5.41, 5.74) is 3.82. The maximum absolute atomic E-state index is 11.0. The number of rotatable bonds is 10. The van der Waals surface area contributed by atoms with E-state index in [-0.39, 0.29) is 72.2 Å². The van der Waals surface area contributed by atoms with Crippen LogP contribution in [0.3, 0.4) is 0 Å². The number of hydrogen-bond donors (Lipinski definition) is 0. The van der Waals surface area contributed by atoms with Gasteiger partial charge in [0.05, 0.1) is 20.2 Å². The van der Waals surface area contributed by atoms with Gasteiger partial charge in [0, 0.05) is 23.3 Å². The Balaban J connectivity index is 0.000000267. The van der Waals surface area contributed by atoms with Gasteiger partial charge in [0.2, 0.25) is 0 Å². The topological polar surface area (TPSA) is 114 Å². The summed E-state index contributed by atoms with van der Waals surface area (Å²) in [6.45, 7) is 0. The van der Waals surface area contributed by atoms with Crippen LogP contribution in [0.2, 0.25) is 0 Å². The van der Waals surface area contributed by atoms with Crippen LogP contribution in [0.5, 0.6) is 0 Å². The van der Waals surface area contributed by atoms with Gasteiger partial charge in [-0.25, -0.2) is 16.8 Å². The van der Waals surface area contributed by atoms with Gasteiger partial charge in [-0.15, -0.1) is 0 Å². The van der Waals surface area contributed by atoms with Gasteiger partial charge in [0.1, 0.15) is 0 Å². The second-order valence-corrected chi connectivity index (χ2v) is 11.9. The summed E-state index contributed by atoms with van der Waals surface area (Å²) < 4.78 is 66.3. The molecule has 0 unspecified atom stereocenters. The maximum atomic E-state index is 11.0. The van der Waals surface area contributed by atoms with E-state index in [9.17, 15) is 25.9 Å². The van der Waals surface area contributed by atoms with Crippen LogP contribution in [-0.2, 0) is 33.1 Å². The molecule has 0 saturated heterocycles. The molecule has 2 atom stereocenters. The molecule has 4 rings (SSSR count). The molecule has 0 bridgehead atoms. The summed E-state index contributed by atoms with van der Waals surface area (Å²) >= 11 is 0. The summed E-state index contributed by atoms with van der Waals surface area (Å²) in [5.74, 6) is -1.34. The van der Waals surface area contributed by atoms with Gasteiger partial charge in [-0.1, -0.05) is 121 Å². The number of hydrogen-bond acceptors (Lipinski definition) is 6. The summed E-state index contributed by atoms with van der Waals surface area (Å²) in [6, 6.07) is 37.8. The molecule has 200 valence electrons. The van der Waals surface area contributed by atoms with E-state index in [4.69, 9.17) is 0 Å². The quantitative estimate of drug-likeness (QED) is 0.176. The third-order valence-corrected chi connectivity index (χ3v) is 7.62. The van der Waals surface area contributed by atoms with Crippen molar-refractivity contribution in [3.63, 3.8) is 0 Å². The van der Waals surface area contributed by atoms with Gasteiger partial charge in [0.25, 0.3) is 0 Å². The van der Waals surface area contributed by atoms with Crippen molar-refractivity contribution in [1.29, 1.82) is 0 Å². The van der Waals surface area contributed by atoms with Crippen molar-refractivity contribution in [2.75, 3.05) is 11.5 Å². The summed E-state index contributed by atoms with van der Waals surface area (Å²) in [6.07, 6.45) is 1.10. The van der Waals surface area contributed by atoms with Crippen molar-refractivity contribution >= 4 is 69.1 Å². The predicted octanol–water partition coefficient (Wildman–Crippen LogP) is 4.74. The molecular weight excluding hydrogens is 658 g/mol. The number of benzene rings is 4. The molecular formula is C30H30BaO6S2. The average molecular weight is 688 g/mol. The van der Waals surface area contributed by atoms with Crippen molar-refractivity contribution in [2.24, 2.45) is 0 Å². The molecule has 4 aromatic rings. The Hall–Kier alpha value is -1.73. The monoisotopic (exact) mass is 688 g/mol. The minimum Gasteiger partial charge on any atom is -0.748 e. The Morgan fingerprint density at radius 3 is 0.974 bits per heavy atom. The molecule has 0 aliphatic rings. The van der Waals surface area contributed by atoms with Crippen LogP contribution in [0.25, 0.3) is 0 Å². The van der Waals surface area contributed by atoms with E-state index in [0.29, 0.717) is 12.8 Å². The smallest absolute Gasteiger partial charge is 0.748 e. The minimum absolute atomic E-state index is 0. The van der Waals surface area contributed by atoms with Crippen LogP contribution in [0.15, 0.2) is 121 Å².